The average molecular weight is 375 g/mol. The fourth-order valence-electron chi connectivity index (χ4n) is 2.57. The van der Waals surface area contributed by atoms with E-state index in [1.165, 1.54) is 17.7 Å². The Morgan fingerprint density at radius 2 is 1.77 bits per heavy atom. The van der Waals surface area contributed by atoms with Crippen LogP contribution in [0.25, 0.3) is 0 Å². The fourth-order valence-corrected chi connectivity index (χ4v) is 3.13. The Hall–Kier alpha value is -2.38. The van der Waals surface area contributed by atoms with Crippen LogP contribution in [0.15, 0.2) is 53.4 Å². The van der Waals surface area contributed by atoms with Crippen LogP contribution in [0, 0.1) is 0 Å². The average Bonchev–Trinajstić information content (AvgIpc) is 2.61. The molecule has 0 bridgehead atoms. The van der Waals surface area contributed by atoms with Gasteiger partial charge >= 0.3 is 6.03 Å². The van der Waals surface area contributed by atoms with E-state index in [-0.39, 0.29) is 17.0 Å². The van der Waals surface area contributed by atoms with Crippen LogP contribution in [0.5, 0.6) is 0 Å². The number of hydrogen-bond donors (Lipinski definition) is 2. The molecule has 2 amide bonds. The maximum atomic E-state index is 12.4. The molecule has 0 saturated carbocycles. The lowest BCUT2D eigenvalue weighted by Crippen LogP contribution is -2.38. The van der Waals surface area contributed by atoms with E-state index in [0.717, 1.165) is 12.0 Å². The lowest BCUT2D eigenvalue weighted by atomic mass is 10.1. The van der Waals surface area contributed by atoms with Crippen LogP contribution < -0.4 is 10.5 Å². The molecular formula is C19H25N3O3S. The number of aryl methyl sites for hydroxylation is 1. The first-order valence-electron chi connectivity index (χ1n) is 8.43. The monoisotopic (exact) mass is 375 g/mol. The highest BCUT2D eigenvalue weighted by Gasteiger charge is 2.16. The number of benzene rings is 2. The van der Waals surface area contributed by atoms with Crippen LogP contribution in [-0.2, 0) is 23.0 Å². The molecule has 0 aliphatic rings. The van der Waals surface area contributed by atoms with Gasteiger partial charge in [0.25, 0.3) is 0 Å². The van der Waals surface area contributed by atoms with Gasteiger partial charge in [0.1, 0.15) is 0 Å². The van der Waals surface area contributed by atoms with E-state index in [9.17, 15) is 13.2 Å². The van der Waals surface area contributed by atoms with Gasteiger partial charge in [-0.05, 0) is 42.2 Å². The number of urea groups is 1. The van der Waals surface area contributed by atoms with Gasteiger partial charge in [-0.25, -0.2) is 18.4 Å². The summed E-state index contributed by atoms with van der Waals surface area (Å²) in [7, 11) is -2.05. The van der Waals surface area contributed by atoms with E-state index >= 15 is 0 Å². The zero-order valence-corrected chi connectivity index (χ0v) is 16.1. The number of rotatable bonds is 6. The van der Waals surface area contributed by atoms with Crippen LogP contribution in [0.1, 0.15) is 36.6 Å². The molecule has 0 heterocycles. The van der Waals surface area contributed by atoms with Crippen molar-refractivity contribution in [3.8, 4) is 0 Å². The van der Waals surface area contributed by atoms with Crippen LogP contribution in [-0.4, -0.2) is 26.4 Å². The van der Waals surface area contributed by atoms with E-state index in [1.54, 1.807) is 31.0 Å². The topological polar surface area (TPSA) is 92.5 Å². The Morgan fingerprint density at radius 1 is 1.15 bits per heavy atom. The van der Waals surface area contributed by atoms with Crippen molar-refractivity contribution in [2.75, 3.05) is 7.05 Å². The van der Waals surface area contributed by atoms with Crippen molar-refractivity contribution in [2.45, 2.75) is 37.8 Å². The summed E-state index contributed by atoms with van der Waals surface area (Å²) < 4.78 is 22.9. The third kappa shape index (κ3) is 5.31. The summed E-state index contributed by atoms with van der Waals surface area (Å²) in [5, 5.41) is 8.03. The Kier molecular flexibility index (Phi) is 6.39. The predicted molar refractivity (Wildman–Crippen MR) is 102 cm³/mol. The Labute approximate surface area is 155 Å². The number of carbonyl (C=O) groups excluding carboxylic acids is 1. The summed E-state index contributed by atoms with van der Waals surface area (Å²) in [5.41, 5.74) is 2.97. The summed E-state index contributed by atoms with van der Waals surface area (Å²) in [4.78, 5) is 14.0. The Morgan fingerprint density at radius 3 is 2.35 bits per heavy atom. The van der Waals surface area contributed by atoms with E-state index in [4.69, 9.17) is 5.14 Å². The zero-order valence-electron chi connectivity index (χ0n) is 15.3. The van der Waals surface area contributed by atoms with Gasteiger partial charge in [-0.3, -0.25) is 0 Å². The SMILES string of the molecule is CCc1ccc(CN(C)C(=O)NC(C)c2cccc(S(N)(=O)=O)c2)cc1. The smallest absolute Gasteiger partial charge is 0.317 e. The maximum Gasteiger partial charge on any atom is 0.317 e. The van der Waals surface area contributed by atoms with Gasteiger partial charge in [0.15, 0.2) is 0 Å². The third-order valence-corrected chi connectivity index (χ3v) is 5.14. The highest BCUT2D eigenvalue weighted by molar-refractivity contribution is 7.89. The van der Waals surface area contributed by atoms with Crippen molar-refractivity contribution >= 4 is 16.1 Å². The molecule has 2 rings (SSSR count). The lowest BCUT2D eigenvalue weighted by Gasteiger charge is -2.22. The molecule has 0 aliphatic carbocycles. The van der Waals surface area contributed by atoms with Crippen LogP contribution >= 0.6 is 0 Å². The number of sulfonamides is 1. The second-order valence-electron chi connectivity index (χ2n) is 6.31. The highest BCUT2D eigenvalue weighted by Crippen LogP contribution is 2.17. The van der Waals surface area contributed by atoms with Crippen molar-refractivity contribution in [3.05, 3.63) is 65.2 Å². The molecule has 140 valence electrons. The van der Waals surface area contributed by atoms with Gasteiger partial charge in [0, 0.05) is 13.6 Å². The summed E-state index contributed by atoms with van der Waals surface area (Å²) in [6.07, 6.45) is 0.978. The largest absolute Gasteiger partial charge is 0.331 e. The summed E-state index contributed by atoms with van der Waals surface area (Å²) in [6, 6.07) is 13.8. The van der Waals surface area contributed by atoms with Crippen molar-refractivity contribution < 1.29 is 13.2 Å². The minimum absolute atomic E-state index is 0.0282. The molecule has 0 aliphatic heterocycles. The number of nitrogens with zero attached hydrogens (tertiary/aromatic N) is 1. The summed E-state index contributed by atoms with van der Waals surface area (Å²) in [6.45, 7) is 4.38. The van der Waals surface area contributed by atoms with Gasteiger partial charge in [0.2, 0.25) is 10.0 Å². The minimum Gasteiger partial charge on any atom is -0.331 e. The molecule has 2 aromatic carbocycles. The number of nitrogens with one attached hydrogen (secondary N) is 1. The molecule has 0 saturated heterocycles. The standard InChI is InChI=1S/C19H25N3O3S/c1-4-15-8-10-16(11-9-15)13-22(3)19(23)21-14(2)17-6-5-7-18(12-17)26(20,24)25/h5-12,14H,4,13H2,1-3H3,(H,21,23)(H2,20,24,25). The molecule has 0 spiro atoms. The van der Waals surface area contributed by atoms with Crippen molar-refractivity contribution in [3.63, 3.8) is 0 Å². The molecule has 0 fully saturated rings. The second kappa shape index (κ2) is 8.33. The first kappa shape index (κ1) is 19.9. The number of amides is 2. The first-order chi connectivity index (χ1) is 12.2. The van der Waals surface area contributed by atoms with Gasteiger partial charge in [-0.2, -0.15) is 0 Å². The van der Waals surface area contributed by atoms with E-state index < -0.39 is 10.0 Å². The summed E-state index contributed by atoms with van der Waals surface area (Å²) in [5.74, 6) is 0. The van der Waals surface area contributed by atoms with Crippen LogP contribution in [0.3, 0.4) is 0 Å². The predicted octanol–water partition coefficient (Wildman–Crippen LogP) is 2.80. The Balaban J connectivity index is 2.01. The van der Waals surface area contributed by atoms with Crippen LogP contribution in [0.4, 0.5) is 4.79 Å². The van der Waals surface area contributed by atoms with Gasteiger partial charge in [-0.15, -0.1) is 0 Å². The van der Waals surface area contributed by atoms with Gasteiger partial charge in [0.05, 0.1) is 10.9 Å². The van der Waals surface area contributed by atoms with Crippen molar-refractivity contribution in [1.29, 1.82) is 0 Å². The molecular weight excluding hydrogens is 350 g/mol. The highest BCUT2D eigenvalue weighted by atomic mass is 32.2. The van der Waals surface area contributed by atoms with Crippen LogP contribution in [0.2, 0.25) is 0 Å². The number of primary sulfonamides is 1. The molecule has 6 nitrogen and oxygen atoms in total. The molecule has 7 heteroatoms. The third-order valence-electron chi connectivity index (χ3n) is 4.22. The second-order valence-corrected chi connectivity index (χ2v) is 7.88. The van der Waals surface area contributed by atoms with E-state index in [2.05, 4.69) is 24.4 Å². The quantitative estimate of drug-likeness (QED) is 0.813. The molecule has 3 N–H and O–H groups in total. The Bertz CT molecular complexity index is 864. The van der Waals surface area contributed by atoms with Crippen molar-refractivity contribution in [1.82, 2.24) is 10.2 Å². The number of nitrogens with two attached hydrogens (primary N) is 1. The van der Waals surface area contributed by atoms with Gasteiger partial charge in [-0.1, -0.05) is 43.3 Å². The van der Waals surface area contributed by atoms with Gasteiger partial charge < -0.3 is 10.2 Å². The lowest BCUT2D eigenvalue weighted by molar-refractivity contribution is 0.203. The molecule has 26 heavy (non-hydrogen) atoms. The summed E-state index contributed by atoms with van der Waals surface area (Å²) >= 11 is 0. The zero-order chi connectivity index (χ0) is 19.3. The number of carbonyl (C=O) groups is 1. The first-order valence-corrected chi connectivity index (χ1v) is 9.97. The molecule has 1 atom stereocenters. The fraction of sp³-hybridized carbons (Fsp3) is 0.316. The van der Waals surface area contributed by atoms with E-state index in [1.807, 2.05) is 12.1 Å². The normalized spacial score (nSPS) is 12.5. The minimum atomic E-state index is -3.77. The van der Waals surface area contributed by atoms with E-state index in [0.29, 0.717) is 12.1 Å². The molecule has 0 aromatic heterocycles. The molecule has 0 radical (unpaired) electrons. The molecule has 2 aromatic rings. The number of hydrogen-bond acceptors (Lipinski definition) is 3. The molecule has 1 unspecified atom stereocenters. The van der Waals surface area contributed by atoms with Crippen molar-refractivity contribution in [2.24, 2.45) is 5.14 Å². The maximum absolute atomic E-state index is 12.4.